The van der Waals surface area contributed by atoms with Crippen LogP contribution in [-0.2, 0) is 10.0 Å². The molecule has 0 aliphatic heterocycles. The molecule has 110 valence electrons. The normalized spacial score (nSPS) is 11.1. The molecule has 21 heavy (non-hydrogen) atoms. The lowest BCUT2D eigenvalue weighted by Crippen LogP contribution is -2.14. The van der Waals surface area contributed by atoms with Gasteiger partial charge < -0.3 is 0 Å². The summed E-state index contributed by atoms with van der Waals surface area (Å²) < 4.78 is 26.8. The minimum absolute atomic E-state index is 0.128. The molecule has 7 nitrogen and oxygen atoms in total. The Hall–Kier alpha value is -2.19. The molecule has 0 radical (unpaired) electrons. The summed E-state index contributed by atoms with van der Waals surface area (Å²) >= 11 is 5.66. The van der Waals surface area contributed by atoms with E-state index in [2.05, 4.69) is 9.71 Å². The van der Waals surface area contributed by atoms with E-state index in [9.17, 15) is 18.5 Å². The van der Waals surface area contributed by atoms with Gasteiger partial charge in [-0.2, -0.15) is 0 Å². The molecule has 1 heterocycles. The van der Waals surface area contributed by atoms with Gasteiger partial charge in [0.1, 0.15) is 5.02 Å². The Balaban J connectivity index is 2.43. The smallest absolute Gasteiger partial charge is 0.278 e. The molecule has 1 aromatic heterocycles. The van der Waals surface area contributed by atoms with Crippen LogP contribution < -0.4 is 4.72 Å². The molecular weight excluding hydrogens is 318 g/mol. The molecule has 2 rings (SSSR count). The number of nitrogens with zero attached hydrogens (tertiary/aromatic N) is 2. The van der Waals surface area contributed by atoms with Crippen LogP contribution in [-0.4, -0.2) is 18.3 Å². The third-order valence-electron chi connectivity index (χ3n) is 2.71. The van der Waals surface area contributed by atoms with Crippen LogP contribution in [0.1, 0.15) is 5.56 Å². The number of nitro benzene ring substituents is 1. The van der Waals surface area contributed by atoms with Gasteiger partial charge in [0.05, 0.1) is 21.7 Å². The summed E-state index contributed by atoms with van der Waals surface area (Å²) in [5.74, 6) is 0. The molecule has 9 heteroatoms. The van der Waals surface area contributed by atoms with Gasteiger partial charge in [-0.1, -0.05) is 11.6 Å². The average molecular weight is 328 g/mol. The van der Waals surface area contributed by atoms with Crippen LogP contribution in [0, 0.1) is 17.0 Å². The fourth-order valence-corrected chi connectivity index (χ4v) is 2.90. The van der Waals surface area contributed by atoms with Gasteiger partial charge in [-0.15, -0.1) is 0 Å². The van der Waals surface area contributed by atoms with Crippen molar-refractivity contribution < 1.29 is 13.3 Å². The number of hydrogen-bond acceptors (Lipinski definition) is 5. The number of halogens is 1. The second kappa shape index (κ2) is 5.66. The highest BCUT2D eigenvalue weighted by Gasteiger charge is 2.21. The van der Waals surface area contributed by atoms with Crippen molar-refractivity contribution in [3.05, 3.63) is 57.4 Å². The van der Waals surface area contributed by atoms with E-state index in [-0.39, 0.29) is 9.92 Å². The molecule has 0 amide bonds. The highest BCUT2D eigenvalue weighted by Crippen LogP contribution is 2.28. The van der Waals surface area contributed by atoms with Crippen molar-refractivity contribution in [2.45, 2.75) is 11.8 Å². The van der Waals surface area contributed by atoms with Gasteiger partial charge in [-0.3, -0.25) is 19.8 Å². The van der Waals surface area contributed by atoms with Crippen LogP contribution in [0.25, 0.3) is 0 Å². The van der Waals surface area contributed by atoms with E-state index in [0.29, 0.717) is 11.3 Å². The van der Waals surface area contributed by atoms with Gasteiger partial charge in [-0.25, -0.2) is 8.42 Å². The van der Waals surface area contributed by atoms with Crippen molar-refractivity contribution in [3.8, 4) is 0 Å². The van der Waals surface area contributed by atoms with Crippen LogP contribution in [0.5, 0.6) is 0 Å². The van der Waals surface area contributed by atoms with Crippen LogP contribution in [0.2, 0.25) is 5.02 Å². The van der Waals surface area contributed by atoms with Gasteiger partial charge in [0, 0.05) is 12.3 Å². The molecule has 0 atom stereocenters. The first kappa shape index (κ1) is 15.2. The Morgan fingerprint density at radius 1 is 1.33 bits per heavy atom. The molecule has 0 fully saturated rings. The standard InChI is InChI=1S/C12H10ClN3O4S/c1-8-4-5-14-7-11(8)15-21(19,20)9-2-3-10(13)12(6-9)16(17)18/h2-7,15H,1H3. The molecule has 0 saturated carbocycles. The Labute approximate surface area is 125 Å². The maximum atomic E-state index is 12.2. The minimum atomic E-state index is -3.96. The fourth-order valence-electron chi connectivity index (χ4n) is 1.57. The van der Waals surface area contributed by atoms with Crippen LogP contribution >= 0.6 is 11.6 Å². The molecular formula is C12H10ClN3O4S. The Morgan fingerprint density at radius 2 is 2.05 bits per heavy atom. The molecule has 0 bridgehead atoms. The SMILES string of the molecule is Cc1ccncc1NS(=O)(=O)c1ccc(Cl)c([N+](=O)[O-])c1. The highest BCUT2D eigenvalue weighted by molar-refractivity contribution is 7.92. The first-order chi connectivity index (χ1) is 9.81. The zero-order chi connectivity index (χ0) is 15.6. The molecule has 0 unspecified atom stereocenters. The van der Waals surface area contributed by atoms with Gasteiger partial charge in [-0.05, 0) is 30.7 Å². The Kier molecular flexibility index (Phi) is 4.10. The van der Waals surface area contributed by atoms with Crippen LogP contribution in [0.15, 0.2) is 41.6 Å². The molecule has 0 aliphatic rings. The summed E-state index contributed by atoms with van der Waals surface area (Å²) in [6, 6.07) is 4.92. The van der Waals surface area contributed by atoms with Crippen molar-refractivity contribution in [2.24, 2.45) is 0 Å². The third kappa shape index (κ3) is 3.29. The maximum Gasteiger partial charge on any atom is 0.289 e. The summed E-state index contributed by atoms with van der Waals surface area (Å²) in [4.78, 5) is 13.6. The predicted octanol–water partition coefficient (Wildman–Crippen LogP) is 2.75. The number of nitrogens with one attached hydrogen (secondary N) is 1. The number of nitro groups is 1. The quantitative estimate of drug-likeness (QED) is 0.687. The number of sulfonamides is 1. The molecule has 0 saturated heterocycles. The second-order valence-corrected chi connectivity index (χ2v) is 6.26. The number of rotatable bonds is 4. The van der Waals surface area contributed by atoms with E-state index in [4.69, 9.17) is 11.6 Å². The Bertz CT molecular complexity index is 808. The number of anilines is 1. The van der Waals surface area contributed by atoms with E-state index in [1.54, 1.807) is 13.0 Å². The first-order valence-electron chi connectivity index (χ1n) is 5.68. The first-order valence-corrected chi connectivity index (χ1v) is 7.55. The highest BCUT2D eigenvalue weighted by atomic mass is 35.5. The van der Waals surface area contributed by atoms with E-state index >= 15 is 0 Å². The summed E-state index contributed by atoms with van der Waals surface area (Å²) in [7, 11) is -3.96. The summed E-state index contributed by atoms with van der Waals surface area (Å²) in [5, 5.41) is 10.7. The largest absolute Gasteiger partial charge is 0.289 e. The number of benzene rings is 1. The zero-order valence-electron chi connectivity index (χ0n) is 10.8. The number of aromatic nitrogens is 1. The van der Waals surface area contributed by atoms with Crippen molar-refractivity contribution in [1.82, 2.24) is 4.98 Å². The van der Waals surface area contributed by atoms with Crippen molar-refractivity contribution in [2.75, 3.05) is 4.72 Å². The van der Waals surface area contributed by atoms with Crippen molar-refractivity contribution in [1.29, 1.82) is 0 Å². The maximum absolute atomic E-state index is 12.2. The molecule has 2 aromatic rings. The zero-order valence-corrected chi connectivity index (χ0v) is 12.4. The van der Waals surface area contributed by atoms with Gasteiger partial charge in [0.25, 0.3) is 15.7 Å². The summed E-state index contributed by atoms with van der Waals surface area (Å²) in [6.45, 7) is 1.71. The monoisotopic (exact) mass is 327 g/mol. The molecule has 1 N–H and O–H groups in total. The van der Waals surface area contributed by atoms with Gasteiger partial charge in [0.2, 0.25) is 0 Å². The van der Waals surface area contributed by atoms with Gasteiger partial charge in [0.15, 0.2) is 0 Å². The van der Waals surface area contributed by atoms with E-state index in [1.165, 1.54) is 24.5 Å². The third-order valence-corrected chi connectivity index (χ3v) is 4.39. The van der Waals surface area contributed by atoms with E-state index in [1.807, 2.05) is 0 Å². The molecule has 1 aromatic carbocycles. The lowest BCUT2D eigenvalue weighted by Gasteiger charge is -2.10. The predicted molar refractivity (Wildman–Crippen MR) is 77.9 cm³/mol. The lowest BCUT2D eigenvalue weighted by molar-refractivity contribution is -0.384. The van der Waals surface area contributed by atoms with Crippen molar-refractivity contribution in [3.63, 3.8) is 0 Å². The molecule has 0 spiro atoms. The topological polar surface area (TPSA) is 102 Å². The molecule has 0 aliphatic carbocycles. The van der Waals surface area contributed by atoms with Crippen LogP contribution in [0.4, 0.5) is 11.4 Å². The number of aryl methyl sites for hydroxylation is 1. The number of pyridine rings is 1. The van der Waals surface area contributed by atoms with E-state index < -0.39 is 20.6 Å². The summed E-state index contributed by atoms with van der Waals surface area (Å²) in [6.07, 6.45) is 2.89. The van der Waals surface area contributed by atoms with Crippen molar-refractivity contribution >= 4 is 33.0 Å². The fraction of sp³-hybridized carbons (Fsp3) is 0.0833. The Morgan fingerprint density at radius 3 is 2.67 bits per heavy atom. The van der Waals surface area contributed by atoms with Crippen LogP contribution in [0.3, 0.4) is 0 Å². The van der Waals surface area contributed by atoms with E-state index in [0.717, 1.165) is 6.07 Å². The second-order valence-electron chi connectivity index (χ2n) is 4.17. The minimum Gasteiger partial charge on any atom is -0.278 e. The lowest BCUT2D eigenvalue weighted by atomic mass is 10.3. The number of hydrogen-bond donors (Lipinski definition) is 1. The summed E-state index contributed by atoms with van der Waals surface area (Å²) in [5.41, 5.74) is 0.509. The average Bonchev–Trinajstić information content (AvgIpc) is 2.41. The van der Waals surface area contributed by atoms with Gasteiger partial charge >= 0.3 is 0 Å².